The van der Waals surface area contributed by atoms with E-state index in [0.717, 1.165) is 5.56 Å². The minimum absolute atomic E-state index is 0.209. The van der Waals surface area contributed by atoms with Gasteiger partial charge in [0, 0.05) is 5.56 Å². The van der Waals surface area contributed by atoms with Gasteiger partial charge in [0.25, 0.3) is 0 Å². The first kappa shape index (κ1) is 7.60. The smallest absolute Gasteiger partial charge is 0.203 e. The Kier molecular flexibility index (Phi) is 1.84. The number of phenolic OH excluding ortho intramolecular Hbond substituents is 1. The largest absolute Gasteiger partial charge is 0.508 e. The molecule has 1 aromatic carbocycles. The van der Waals surface area contributed by atoms with Crippen LogP contribution in [0.2, 0.25) is 0 Å². The molecule has 64 valence electrons. The van der Waals surface area contributed by atoms with Crippen molar-refractivity contribution in [1.29, 1.82) is 0 Å². The fraction of sp³-hybridized carbons (Fsp3) is 0. The van der Waals surface area contributed by atoms with Crippen molar-refractivity contribution in [3.8, 4) is 17.1 Å². The Labute approximate surface area is 74.1 Å². The highest BCUT2D eigenvalue weighted by molar-refractivity contribution is 5.54. The molecule has 0 atom stereocenters. The van der Waals surface area contributed by atoms with E-state index in [0.29, 0.717) is 5.82 Å². The van der Waals surface area contributed by atoms with Crippen LogP contribution in [0.1, 0.15) is 0 Å². The number of phenols is 1. The van der Waals surface area contributed by atoms with Crippen molar-refractivity contribution in [3.63, 3.8) is 0 Å². The highest BCUT2D eigenvalue weighted by atomic mass is 16.3. The van der Waals surface area contributed by atoms with Crippen molar-refractivity contribution in [2.45, 2.75) is 0 Å². The van der Waals surface area contributed by atoms with Crippen molar-refractivity contribution in [3.05, 3.63) is 30.6 Å². The molecule has 1 heterocycles. The molecule has 0 aliphatic heterocycles. The molecule has 2 rings (SSSR count). The average molecular weight is 174 g/mol. The molecule has 0 saturated carbocycles. The Hall–Kier alpha value is -2.04. The number of aromatic nitrogens is 4. The van der Waals surface area contributed by atoms with Crippen LogP contribution in [0, 0.1) is 0 Å². The Bertz CT molecular complexity index is 387. The summed E-state index contributed by atoms with van der Waals surface area (Å²) in [7, 11) is 0. The van der Waals surface area contributed by atoms with E-state index >= 15 is 0 Å². The normalized spacial score (nSPS) is 9.85. The molecule has 13 heavy (non-hydrogen) atoms. The lowest BCUT2D eigenvalue weighted by Crippen LogP contribution is -1.93. The molecular weight excluding hydrogens is 168 g/mol. The predicted octanol–water partition coefficient (Wildman–Crippen LogP) is 0.639. The van der Waals surface area contributed by atoms with Gasteiger partial charge in [-0.2, -0.15) is 0 Å². The number of nitrogens with zero attached hydrogens (tertiary/aromatic N) is 4. The molecule has 0 spiro atoms. The molecule has 0 fully saturated rings. The van der Waals surface area contributed by atoms with Gasteiger partial charge in [0.05, 0.1) is 0 Å². The second-order valence-corrected chi connectivity index (χ2v) is 2.42. The van der Waals surface area contributed by atoms with Gasteiger partial charge in [-0.25, -0.2) is 0 Å². The maximum atomic E-state index is 9.03. The molecule has 0 aliphatic carbocycles. The van der Waals surface area contributed by atoms with Crippen LogP contribution in [-0.4, -0.2) is 25.5 Å². The van der Waals surface area contributed by atoms with Crippen molar-refractivity contribution in [1.82, 2.24) is 20.4 Å². The van der Waals surface area contributed by atoms with E-state index in [9.17, 15) is 0 Å². The first-order valence-electron chi connectivity index (χ1n) is 3.66. The summed E-state index contributed by atoms with van der Waals surface area (Å²) >= 11 is 0. The lowest BCUT2D eigenvalue weighted by molar-refractivity contribution is 0.475. The third-order valence-corrected chi connectivity index (χ3v) is 1.53. The lowest BCUT2D eigenvalue weighted by atomic mass is 10.2. The standard InChI is InChI=1S/C8H6N4O/c13-7-3-1-6(2-4-7)8-11-9-5-10-12-8/h1-5,13H. The summed E-state index contributed by atoms with van der Waals surface area (Å²) in [4.78, 5) is 0. The molecule has 2 aromatic rings. The van der Waals surface area contributed by atoms with Crippen LogP contribution >= 0.6 is 0 Å². The Morgan fingerprint density at radius 3 is 2.15 bits per heavy atom. The minimum Gasteiger partial charge on any atom is -0.508 e. The fourth-order valence-electron chi connectivity index (χ4n) is 0.930. The lowest BCUT2D eigenvalue weighted by Gasteiger charge is -1.96. The average Bonchev–Trinajstić information content (AvgIpc) is 2.20. The second-order valence-electron chi connectivity index (χ2n) is 2.42. The van der Waals surface area contributed by atoms with Gasteiger partial charge in [0.1, 0.15) is 5.75 Å². The molecule has 0 bridgehead atoms. The Balaban J connectivity index is 2.42. The predicted molar refractivity (Wildman–Crippen MR) is 44.7 cm³/mol. The van der Waals surface area contributed by atoms with Gasteiger partial charge in [-0.3, -0.25) is 0 Å². The van der Waals surface area contributed by atoms with E-state index in [1.165, 1.54) is 6.33 Å². The van der Waals surface area contributed by atoms with Crippen LogP contribution in [0.4, 0.5) is 0 Å². The van der Waals surface area contributed by atoms with E-state index in [1.54, 1.807) is 24.3 Å². The first-order valence-corrected chi connectivity index (χ1v) is 3.66. The maximum Gasteiger partial charge on any atom is 0.203 e. The van der Waals surface area contributed by atoms with Gasteiger partial charge in [-0.15, -0.1) is 20.4 Å². The highest BCUT2D eigenvalue weighted by Crippen LogP contribution is 2.16. The van der Waals surface area contributed by atoms with Crippen molar-refractivity contribution in [2.24, 2.45) is 0 Å². The zero-order valence-corrected chi connectivity index (χ0v) is 6.62. The van der Waals surface area contributed by atoms with Crippen LogP contribution in [0.25, 0.3) is 11.4 Å². The molecule has 0 amide bonds. The summed E-state index contributed by atoms with van der Waals surface area (Å²) in [6.07, 6.45) is 1.27. The molecule has 5 nitrogen and oxygen atoms in total. The SMILES string of the molecule is Oc1ccc(-c2nncnn2)cc1. The maximum absolute atomic E-state index is 9.03. The van der Waals surface area contributed by atoms with Crippen LogP contribution in [0.5, 0.6) is 5.75 Å². The number of aromatic hydroxyl groups is 1. The summed E-state index contributed by atoms with van der Waals surface area (Å²) < 4.78 is 0. The first-order chi connectivity index (χ1) is 6.36. The van der Waals surface area contributed by atoms with Crippen LogP contribution in [-0.2, 0) is 0 Å². The van der Waals surface area contributed by atoms with Gasteiger partial charge >= 0.3 is 0 Å². The number of benzene rings is 1. The van der Waals surface area contributed by atoms with Crippen molar-refractivity contribution >= 4 is 0 Å². The van der Waals surface area contributed by atoms with Crippen LogP contribution < -0.4 is 0 Å². The monoisotopic (exact) mass is 174 g/mol. The summed E-state index contributed by atoms with van der Waals surface area (Å²) in [6.45, 7) is 0. The van der Waals surface area contributed by atoms with Gasteiger partial charge in [0.2, 0.25) is 5.82 Å². The molecule has 1 aromatic heterocycles. The fourth-order valence-corrected chi connectivity index (χ4v) is 0.930. The Morgan fingerprint density at radius 2 is 1.54 bits per heavy atom. The highest BCUT2D eigenvalue weighted by Gasteiger charge is 1.99. The zero-order chi connectivity index (χ0) is 9.10. The molecular formula is C8H6N4O. The van der Waals surface area contributed by atoms with E-state index < -0.39 is 0 Å². The summed E-state index contributed by atoms with van der Waals surface area (Å²) in [5, 5.41) is 23.8. The topological polar surface area (TPSA) is 71.8 Å². The third kappa shape index (κ3) is 1.58. The Morgan fingerprint density at radius 1 is 0.923 bits per heavy atom. The quantitative estimate of drug-likeness (QED) is 0.686. The summed E-state index contributed by atoms with van der Waals surface area (Å²) in [5.74, 6) is 0.656. The van der Waals surface area contributed by atoms with Gasteiger partial charge in [0.15, 0.2) is 6.33 Å². The third-order valence-electron chi connectivity index (χ3n) is 1.53. The molecule has 5 heteroatoms. The van der Waals surface area contributed by atoms with Crippen LogP contribution in [0.15, 0.2) is 30.6 Å². The second kappa shape index (κ2) is 3.14. The molecule has 1 N–H and O–H groups in total. The van der Waals surface area contributed by atoms with E-state index in [1.807, 2.05) is 0 Å². The number of hydrogen-bond donors (Lipinski definition) is 1. The van der Waals surface area contributed by atoms with Gasteiger partial charge in [-0.05, 0) is 24.3 Å². The minimum atomic E-state index is 0.209. The van der Waals surface area contributed by atoms with Gasteiger partial charge < -0.3 is 5.11 Å². The summed E-state index contributed by atoms with van der Waals surface area (Å²) in [5.41, 5.74) is 0.776. The van der Waals surface area contributed by atoms with E-state index in [2.05, 4.69) is 20.4 Å². The number of hydrogen-bond acceptors (Lipinski definition) is 5. The van der Waals surface area contributed by atoms with E-state index in [4.69, 9.17) is 5.11 Å². The van der Waals surface area contributed by atoms with Crippen LogP contribution in [0.3, 0.4) is 0 Å². The zero-order valence-electron chi connectivity index (χ0n) is 6.62. The number of rotatable bonds is 1. The molecule has 0 radical (unpaired) electrons. The summed E-state index contributed by atoms with van der Waals surface area (Å²) in [6, 6.07) is 6.53. The van der Waals surface area contributed by atoms with Gasteiger partial charge in [-0.1, -0.05) is 0 Å². The van der Waals surface area contributed by atoms with Crippen molar-refractivity contribution in [2.75, 3.05) is 0 Å². The molecule has 0 saturated heterocycles. The van der Waals surface area contributed by atoms with Crippen molar-refractivity contribution < 1.29 is 5.11 Å². The molecule has 0 aliphatic rings. The molecule has 0 unspecified atom stereocenters. The van der Waals surface area contributed by atoms with E-state index in [-0.39, 0.29) is 5.75 Å².